The third kappa shape index (κ3) is 2.38. The monoisotopic (exact) mass is 235 g/mol. The standard InChI is InChI=1S/C14H21NS/c1-3-9-15-13(4-2)11-6-5-7-14-12(11)8-10-16-14/h4,8,10-11,13,15H,2-3,5-7,9H2,1H3. The van der Waals surface area contributed by atoms with E-state index >= 15 is 0 Å². The summed E-state index contributed by atoms with van der Waals surface area (Å²) >= 11 is 1.92. The second kappa shape index (κ2) is 5.65. The molecule has 0 amide bonds. The van der Waals surface area contributed by atoms with Gasteiger partial charge >= 0.3 is 0 Å². The number of nitrogens with one attached hydrogen (secondary N) is 1. The first-order valence-corrected chi connectivity index (χ1v) is 7.17. The molecule has 0 saturated heterocycles. The Morgan fingerprint density at radius 3 is 3.31 bits per heavy atom. The number of hydrogen-bond acceptors (Lipinski definition) is 2. The van der Waals surface area contributed by atoms with E-state index in [9.17, 15) is 0 Å². The molecule has 0 radical (unpaired) electrons. The number of thiophene rings is 1. The van der Waals surface area contributed by atoms with Crippen LogP contribution in [0.25, 0.3) is 0 Å². The number of hydrogen-bond donors (Lipinski definition) is 1. The highest BCUT2D eigenvalue weighted by Crippen LogP contribution is 2.37. The first kappa shape index (κ1) is 11.9. The molecule has 2 heteroatoms. The average molecular weight is 235 g/mol. The van der Waals surface area contributed by atoms with Crippen molar-refractivity contribution < 1.29 is 0 Å². The Labute approximate surface area is 103 Å². The normalized spacial score (nSPS) is 21.4. The fraction of sp³-hybridized carbons (Fsp3) is 0.571. The molecule has 0 aromatic carbocycles. The minimum absolute atomic E-state index is 0.452. The van der Waals surface area contributed by atoms with E-state index in [1.807, 2.05) is 11.3 Å². The van der Waals surface area contributed by atoms with Crippen LogP contribution in [0.5, 0.6) is 0 Å². The molecule has 0 fully saturated rings. The molecule has 2 atom stereocenters. The minimum atomic E-state index is 0.452. The van der Waals surface area contributed by atoms with Crippen LogP contribution < -0.4 is 5.32 Å². The summed E-state index contributed by atoms with van der Waals surface area (Å²) < 4.78 is 0. The first-order valence-electron chi connectivity index (χ1n) is 6.29. The zero-order valence-corrected chi connectivity index (χ0v) is 10.9. The smallest absolute Gasteiger partial charge is 0.0316 e. The van der Waals surface area contributed by atoms with Crippen LogP contribution in [-0.4, -0.2) is 12.6 Å². The molecule has 0 bridgehead atoms. The van der Waals surface area contributed by atoms with E-state index in [1.54, 1.807) is 10.4 Å². The summed E-state index contributed by atoms with van der Waals surface area (Å²) in [6, 6.07) is 2.77. The van der Waals surface area contributed by atoms with Crippen molar-refractivity contribution in [3.63, 3.8) is 0 Å². The predicted molar refractivity (Wildman–Crippen MR) is 72.3 cm³/mol. The van der Waals surface area contributed by atoms with Crippen LogP contribution in [0.3, 0.4) is 0 Å². The molecule has 0 saturated carbocycles. The van der Waals surface area contributed by atoms with E-state index < -0.39 is 0 Å². The maximum atomic E-state index is 3.99. The van der Waals surface area contributed by atoms with Gasteiger partial charge in [-0.25, -0.2) is 0 Å². The Morgan fingerprint density at radius 2 is 2.56 bits per heavy atom. The Balaban J connectivity index is 2.12. The lowest BCUT2D eigenvalue weighted by Gasteiger charge is -2.29. The summed E-state index contributed by atoms with van der Waals surface area (Å²) in [5.74, 6) is 0.652. The third-order valence-electron chi connectivity index (χ3n) is 3.42. The summed E-state index contributed by atoms with van der Waals surface area (Å²) in [6.45, 7) is 7.29. The average Bonchev–Trinajstić information content (AvgIpc) is 2.78. The molecule has 16 heavy (non-hydrogen) atoms. The Kier molecular flexibility index (Phi) is 4.19. The van der Waals surface area contributed by atoms with Crippen LogP contribution in [0.1, 0.15) is 42.5 Å². The molecule has 1 aromatic heterocycles. The highest BCUT2D eigenvalue weighted by atomic mass is 32.1. The van der Waals surface area contributed by atoms with Crippen LogP contribution in [0.15, 0.2) is 24.1 Å². The van der Waals surface area contributed by atoms with Crippen molar-refractivity contribution >= 4 is 11.3 Å². The van der Waals surface area contributed by atoms with Gasteiger partial charge in [0.2, 0.25) is 0 Å². The van der Waals surface area contributed by atoms with Crippen LogP contribution in [0.4, 0.5) is 0 Å². The molecule has 1 aliphatic rings. The fourth-order valence-electron chi connectivity index (χ4n) is 2.60. The van der Waals surface area contributed by atoms with E-state index in [0.29, 0.717) is 12.0 Å². The number of aryl methyl sites for hydroxylation is 1. The van der Waals surface area contributed by atoms with E-state index in [2.05, 4.69) is 36.3 Å². The van der Waals surface area contributed by atoms with Gasteiger partial charge in [-0.3, -0.25) is 0 Å². The van der Waals surface area contributed by atoms with Gasteiger partial charge in [-0.15, -0.1) is 17.9 Å². The van der Waals surface area contributed by atoms with Crippen LogP contribution in [0.2, 0.25) is 0 Å². The third-order valence-corrected chi connectivity index (χ3v) is 4.41. The minimum Gasteiger partial charge on any atom is -0.310 e. The van der Waals surface area contributed by atoms with Crippen LogP contribution in [-0.2, 0) is 6.42 Å². The Hall–Kier alpha value is -0.600. The highest BCUT2D eigenvalue weighted by Gasteiger charge is 2.26. The zero-order valence-electron chi connectivity index (χ0n) is 10.0. The summed E-state index contributed by atoms with van der Waals surface area (Å²) in [7, 11) is 0. The van der Waals surface area contributed by atoms with Crippen LogP contribution in [0, 0.1) is 0 Å². The molecule has 1 nitrogen and oxygen atoms in total. The summed E-state index contributed by atoms with van der Waals surface area (Å²) in [5, 5.41) is 5.85. The van der Waals surface area contributed by atoms with Crippen LogP contribution >= 0.6 is 11.3 Å². The fourth-order valence-corrected chi connectivity index (χ4v) is 3.59. The molecular weight excluding hydrogens is 214 g/mol. The number of fused-ring (bicyclic) bond motifs is 1. The molecular formula is C14H21NS. The summed E-state index contributed by atoms with van der Waals surface area (Å²) in [6.07, 6.45) is 7.19. The quantitative estimate of drug-likeness (QED) is 0.767. The van der Waals surface area contributed by atoms with Gasteiger partial charge in [-0.2, -0.15) is 0 Å². The molecule has 0 spiro atoms. The van der Waals surface area contributed by atoms with E-state index in [4.69, 9.17) is 0 Å². The van der Waals surface area contributed by atoms with Gasteiger partial charge < -0.3 is 5.32 Å². The largest absolute Gasteiger partial charge is 0.310 e. The first-order chi connectivity index (χ1) is 7.86. The Bertz CT molecular complexity index is 342. The van der Waals surface area contributed by atoms with Crippen molar-refractivity contribution in [3.05, 3.63) is 34.5 Å². The predicted octanol–water partition coefficient (Wildman–Crippen LogP) is 3.72. The van der Waals surface area contributed by atoms with Crippen molar-refractivity contribution in [1.29, 1.82) is 0 Å². The van der Waals surface area contributed by atoms with Crippen molar-refractivity contribution in [1.82, 2.24) is 5.32 Å². The van der Waals surface area contributed by atoms with Crippen molar-refractivity contribution in [3.8, 4) is 0 Å². The van der Waals surface area contributed by atoms with Gasteiger partial charge in [0.25, 0.3) is 0 Å². The SMILES string of the molecule is C=CC(NCCC)C1CCCc2sccc21. The van der Waals surface area contributed by atoms with E-state index in [1.165, 1.54) is 25.7 Å². The summed E-state index contributed by atoms with van der Waals surface area (Å²) in [4.78, 5) is 1.60. The molecule has 1 aromatic rings. The molecule has 1 N–H and O–H groups in total. The van der Waals surface area contributed by atoms with Crippen molar-refractivity contribution in [2.45, 2.75) is 44.6 Å². The van der Waals surface area contributed by atoms with E-state index in [-0.39, 0.29) is 0 Å². The number of rotatable bonds is 5. The van der Waals surface area contributed by atoms with Crippen molar-refractivity contribution in [2.75, 3.05) is 6.54 Å². The molecule has 88 valence electrons. The lowest BCUT2D eigenvalue weighted by Crippen LogP contribution is -2.34. The maximum Gasteiger partial charge on any atom is 0.0316 e. The topological polar surface area (TPSA) is 12.0 Å². The molecule has 1 aliphatic carbocycles. The van der Waals surface area contributed by atoms with E-state index in [0.717, 1.165) is 6.54 Å². The van der Waals surface area contributed by atoms with Crippen molar-refractivity contribution in [2.24, 2.45) is 0 Å². The second-order valence-corrected chi connectivity index (χ2v) is 5.51. The second-order valence-electron chi connectivity index (χ2n) is 4.51. The maximum absolute atomic E-state index is 3.99. The highest BCUT2D eigenvalue weighted by molar-refractivity contribution is 7.10. The Morgan fingerprint density at radius 1 is 1.69 bits per heavy atom. The molecule has 2 rings (SSSR count). The van der Waals surface area contributed by atoms with Gasteiger partial charge in [0, 0.05) is 16.8 Å². The van der Waals surface area contributed by atoms with Gasteiger partial charge in [0.05, 0.1) is 0 Å². The molecule has 0 aliphatic heterocycles. The lowest BCUT2D eigenvalue weighted by atomic mass is 9.82. The van der Waals surface area contributed by atoms with Gasteiger partial charge in [0.1, 0.15) is 0 Å². The van der Waals surface area contributed by atoms with Gasteiger partial charge in [-0.1, -0.05) is 13.0 Å². The lowest BCUT2D eigenvalue weighted by molar-refractivity contribution is 0.447. The van der Waals surface area contributed by atoms with Gasteiger partial charge in [-0.05, 0) is 49.2 Å². The molecule has 1 heterocycles. The summed E-state index contributed by atoms with van der Waals surface area (Å²) in [5.41, 5.74) is 1.57. The van der Waals surface area contributed by atoms with Gasteiger partial charge in [0.15, 0.2) is 0 Å². The molecule has 2 unspecified atom stereocenters. The zero-order chi connectivity index (χ0) is 11.4.